The Bertz CT molecular complexity index is 1770. The van der Waals surface area contributed by atoms with Crippen molar-refractivity contribution >= 4 is 37.7 Å². The number of aryl methyl sites for hydroxylation is 4. The standard InChI is InChI=1S/C38H49BrN8/c1-5-9-13-17-29-31(19-15-11-7-3)44-46-37(42-29)33-23-21-26-25-28(39)27-22-24-34(41-36(27)35(26)40-33)38-43-30(18-14-10-6-2)32(45-47-38)20-16-12-8-4/h21-25H,5-20H2,1-4H3. The Morgan fingerprint density at radius 2 is 0.915 bits per heavy atom. The molecule has 8 nitrogen and oxygen atoms in total. The molecule has 0 N–H and O–H groups in total. The van der Waals surface area contributed by atoms with Gasteiger partial charge in [0.1, 0.15) is 11.4 Å². The Labute approximate surface area is 288 Å². The Hall–Kier alpha value is -3.46. The number of fused-ring (bicyclic) bond motifs is 3. The van der Waals surface area contributed by atoms with E-state index in [0.29, 0.717) is 23.0 Å². The van der Waals surface area contributed by atoms with Gasteiger partial charge < -0.3 is 0 Å². The summed E-state index contributed by atoms with van der Waals surface area (Å²) in [4.78, 5) is 20.3. The maximum Gasteiger partial charge on any atom is 0.200 e. The number of nitrogens with zero attached hydrogens (tertiary/aromatic N) is 8. The summed E-state index contributed by atoms with van der Waals surface area (Å²) in [6.45, 7) is 8.90. The normalized spacial score (nSPS) is 11.6. The van der Waals surface area contributed by atoms with E-state index in [4.69, 9.17) is 19.9 Å². The summed E-state index contributed by atoms with van der Waals surface area (Å²) >= 11 is 3.78. The van der Waals surface area contributed by atoms with Crippen molar-refractivity contribution in [3.8, 4) is 23.0 Å². The fourth-order valence-electron chi connectivity index (χ4n) is 6.01. The largest absolute Gasteiger partial charge is 0.242 e. The molecule has 0 aliphatic rings. The van der Waals surface area contributed by atoms with E-state index < -0.39 is 0 Å². The molecule has 0 spiro atoms. The number of pyridine rings is 2. The summed E-state index contributed by atoms with van der Waals surface area (Å²) in [5.41, 5.74) is 7.13. The molecule has 0 aliphatic carbocycles. The van der Waals surface area contributed by atoms with Gasteiger partial charge in [-0.05, 0) is 75.6 Å². The SMILES string of the molecule is CCCCCc1nnc(-c2ccc3cc(Br)c4ccc(-c5nnc(CCCCC)c(CCCCC)n5)nc4c3n2)nc1CCCCC. The third-order valence-electron chi connectivity index (χ3n) is 8.79. The number of rotatable bonds is 18. The van der Waals surface area contributed by atoms with Gasteiger partial charge in [0.15, 0.2) is 0 Å². The Balaban J connectivity index is 1.54. The van der Waals surface area contributed by atoms with Gasteiger partial charge >= 0.3 is 0 Å². The average molecular weight is 698 g/mol. The number of hydrogen-bond donors (Lipinski definition) is 0. The topological polar surface area (TPSA) is 103 Å². The molecule has 0 saturated heterocycles. The van der Waals surface area contributed by atoms with Crippen LogP contribution >= 0.6 is 15.9 Å². The monoisotopic (exact) mass is 696 g/mol. The van der Waals surface area contributed by atoms with Crippen LogP contribution in [0.25, 0.3) is 44.8 Å². The molecular formula is C38H49BrN8. The van der Waals surface area contributed by atoms with Crippen LogP contribution in [0.4, 0.5) is 0 Å². The van der Waals surface area contributed by atoms with E-state index in [2.05, 4.69) is 82.2 Å². The maximum absolute atomic E-state index is 5.12. The summed E-state index contributed by atoms with van der Waals surface area (Å²) in [7, 11) is 0. The highest BCUT2D eigenvalue weighted by Crippen LogP contribution is 2.33. The number of aromatic nitrogens is 8. The molecule has 0 amide bonds. The van der Waals surface area contributed by atoms with Crippen LogP contribution in [0.2, 0.25) is 0 Å². The fraction of sp³-hybridized carbons (Fsp3) is 0.526. The van der Waals surface area contributed by atoms with Crippen LogP contribution in [0.3, 0.4) is 0 Å². The first kappa shape index (κ1) is 34.9. The summed E-state index contributed by atoms with van der Waals surface area (Å²) < 4.78 is 0.965. The highest BCUT2D eigenvalue weighted by atomic mass is 79.9. The van der Waals surface area contributed by atoms with E-state index in [0.717, 1.165) is 100 Å². The predicted molar refractivity (Wildman–Crippen MR) is 195 cm³/mol. The Morgan fingerprint density at radius 3 is 1.40 bits per heavy atom. The summed E-state index contributed by atoms with van der Waals surface area (Å²) in [6, 6.07) is 10.2. The van der Waals surface area contributed by atoms with Crippen LogP contribution in [0.1, 0.15) is 128 Å². The van der Waals surface area contributed by atoms with Gasteiger partial charge in [-0.1, -0.05) is 101 Å². The lowest BCUT2D eigenvalue weighted by molar-refractivity contribution is 0.660. The molecule has 9 heteroatoms. The first-order chi connectivity index (χ1) is 23.1. The molecule has 0 aliphatic heterocycles. The van der Waals surface area contributed by atoms with Crippen LogP contribution in [-0.4, -0.2) is 40.3 Å². The number of unbranched alkanes of at least 4 members (excludes halogenated alkanes) is 8. The van der Waals surface area contributed by atoms with Gasteiger partial charge in [0.2, 0.25) is 11.6 Å². The lowest BCUT2D eigenvalue weighted by atomic mass is 10.1. The van der Waals surface area contributed by atoms with Crippen LogP contribution in [-0.2, 0) is 25.7 Å². The van der Waals surface area contributed by atoms with Gasteiger partial charge in [0.25, 0.3) is 0 Å². The number of benzene rings is 1. The lowest BCUT2D eigenvalue weighted by Gasteiger charge is -2.11. The first-order valence-corrected chi connectivity index (χ1v) is 18.7. The van der Waals surface area contributed by atoms with Crippen molar-refractivity contribution in [1.82, 2.24) is 40.3 Å². The number of hydrogen-bond acceptors (Lipinski definition) is 8. The first-order valence-electron chi connectivity index (χ1n) is 17.9. The molecule has 0 saturated carbocycles. The highest BCUT2D eigenvalue weighted by molar-refractivity contribution is 9.10. The van der Waals surface area contributed by atoms with Gasteiger partial charge in [-0.15, -0.1) is 10.2 Å². The van der Waals surface area contributed by atoms with E-state index in [1.54, 1.807) is 0 Å². The molecule has 0 radical (unpaired) electrons. The van der Waals surface area contributed by atoms with Crippen molar-refractivity contribution in [2.45, 2.75) is 130 Å². The molecule has 4 aromatic heterocycles. The molecule has 47 heavy (non-hydrogen) atoms. The molecule has 0 bridgehead atoms. The van der Waals surface area contributed by atoms with Crippen molar-refractivity contribution < 1.29 is 0 Å². The minimum absolute atomic E-state index is 0.560. The van der Waals surface area contributed by atoms with E-state index in [9.17, 15) is 0 Å². The van der Waals surface area contributed by atoms with Gasteiger partial charge in [-0.2, -0.15) is 10.2 Å². The van der Waals surface area contributed by atoms with Crippen molar-refractivity contribution in [3.63, 3.8) is 0 Å². The predicted octanol–water partition coefficient (Wildman–Crippen LogP) is 10.2. The zero-order chi connectivity index (χ0) is 33.0. The van der Waals surface area contributed by atoms with Gasteiger partial charge in [0.05, 0.1) is 33.8 Å². The zero-order valence-corrected chi connectivity index (χ0v) is 30.2. The molecule has 0 fully saturated rings. The van der Waals surface area contributed by atoms with Gasteiger partial charge in [-0.3, -0.25) is 0 Å². The molecule has 0 unspecified atom stereocenters. The molecule has 5 rings (SSSR count). The number of halogens is 1. The van der Waals surface area contributed by atoms with Crippen molar-refractivity contribution in [2.75, 3.05) is 0 Å². The fourth-order valence-corrected chi connectivity index (χ4v) is 6.57. The van der Waals surface area contributed by atoms with E-state index in [1.807, 2.05) is 12.1 Å². The third kappa shape index (κ3) is 8.92. The van der Waals surface area contributed by atoms with Crippen molar-refractivity contribution in [1.29, 1.82) is 0 Å². The molecule has 1 aromatic carbocycles. The average Bonchev–Trinajstić information content (AvgIpc) is 3.09. The molecule has 4 heterocycles. The Kier molecular flexibility index (Phi) is 13.1. The second-order valence-corrected chi connectivity index (χ2v) is 13.5. The van der Waals surface area contributed by atoms with E-state index >= 15 is 0 Å². The molecule has 0 atom stereocenters. The highest BCUT2D eigenvalue weighted by Gasteiger charge is 2.17. The molecular weight excluding hydrogens is 648 g/mol. The summed E-state index contributed by atoms with van der Waals surface area (Å²) in [5, 5.41) is 20.5. The van der Waals surface area contributed by atoms with Crippen LogP contribution in [0.5, 0.6) is 0 Å². The summed E-state index contributed by atoms with van der Waals surface area (Å²) in [5.74, 6) is 1.12. The van der Waals surface area contributed by atoms with Crippen LogP contribution < -0.4 is 0 Å². The van der Waals surface area contributed by atoms with E-state index in [-0.39, 0.29) is 0 Å². The lowest BCUT2D eigenvalue weighted by Crippen LogP contribution is -2.07. The van der Waals surface area contributed by atoms with Crippen molar-refractivity contribution in [2.24, 2.45) is 0 Å². The Morgan fingerprint density at radius 1 is 0.468 bits per heavy atom. The summed E-state index contributed by atoms with van der Waals surface area (Å²) in [6.07, 6.45) is 17.5. The van der Waals surface area contributed by atoms with Gasteiger partial charge in [-0.25, -0.2) is 19.9 Å². The van der Waals surface area contributed by atoms with Crippen LogP contribution in [0, 0.1) is 0 Å². The minimum Gasteiger partial charge on any atom is -0.242 e. The maximum atomic E-state index is 5.12. The van der Waals surface area contributed by atoms with Crippen LogP contribution in [0.15, 0.2) is 34.8 Å². The molecule has 248 valence electrons. The quantitative estimate of drug-likeness (QED) is 0.0658. The zero-order valence-electron chi connectivity index (χ0n) is 28.7. The second-order valence-electron chi connectivity index (χ2n) is 12.6. The van der Waals surface area contributed by atoms with E-state index in [1.165, 1.54) is 51.4 Å². The van der Waals surface area contributed by atoms with Crippen molar-refractivity contribution in [3.05, 3.63) is 57.6 Å². The smallest absolute Gasteiger partial charge is 0.200 e. The second kappa shape index (κ2) is 17.6. The third-order valence-corrected chi connectivity index (χ3v) is 9.45. The minimum atomic E-state index is 0.560. The van der Waals surface area contributed by atoms with Gasteiger partial charge in [0, 0.05) is 15.2 Å². The molecule has 5 aromatic rings.